The third kappa shape index (κ3) is 3.53. The minimum Gasteiger partial charge on any atom is -0.496 e. The van der Waals surface area contributed by atoms with Crippen molar-refractivity contribution in [2.24, 2.45) is 11.7 Å². The molecule has 1 aromatic rings. The predicted molar refractivity (Wildman–Crippen MR) is 80.4 cm³/mol. The van der Waals surface area contributed by atoms with E-state index in [1.807, 2.05) is 19.1 Å². The number of hydrogen-bond acceptors (Lipinski definition) is 4. The summed E-state index contributed by atoms with van der Waals surface area (Å²) in [6.45, 7) is 5.81. The van der Waals surface area contributed by atoms with Crippen molar-refractivity contribution >= 4 is 5.69 Å². The zero-order valence-corrected chi connectivity index (χ0v) is 12.7. The van der Waals surface area contributed by atoms with Gasteiger partial charge >= 0.3 is 0 Å². The average molecular weight is 266 g/mol. The molecule has 0 aliphatic heterocycles. The molecule has 0 saturated carbocycles. The summed E-state index contributed by atoms with van der Waals surface area (Å²) in [5.74, 6) is 2.21. The van der Waals surface area contributed by atoms with E-state index in [1.54, 1.807) is 14.2 Å². The molecule has 0 spiro atoms. The highest BCUT2D eigenvalue weighted by Gasteiger charge is 2.16. The van der Waals surface area contributed by atoms with Crippen molar-refractivity contribution < 1.29 is 9.47 Å². The maximum atomic E-state index is 5.78. The van der Waals surface area contributed by atoms with E-state index in [0.717, 1.165) is 35.7 Å². The Kier molecular flexibility index (Phi) is 5.96. The quantitative estimate of drug-likeness (QED) is 0.823. The van der Waals surface area contributed by atoms with Crippen LogP contribution in [0, 0.1) is 12.8 Å². The van der Waals surface area contributed by atoms with Crippen LogP contribution >= 0.6 is 0 Å². The summed E-state index contributed by atoms with van der Waals surface area (Å²) in [5, 5.41) is 0. The van der Waals surface area contributed by atoms with Gasteiger partial charge in [-0.15, -0.1) is 0 Å². The molecule has 0 saturated heterocycles. The first-order valence-electron chi connectivity index (χ1n) is 6.71. The van der Waals surface area contributed by atoms with Crippen molar-refractivity contribution in [1.29, 1.82) is 0 Å². The van der Waals surface area contributed by atoms with Crippen LogP contribution in [0.4, 0.5) is 5.69 Å². The molecule has 0 fully saturated rings. The monoisotopic (exact) mass is 266 g/mol. The van der Waals surface area contributed by atoms with Crippen LogP contribution in [-0.2, 0) is 0 Å². The van der Waals surface area contributed by atoms with Gasteiger partial charge in [0.1, 0.15) is 11.5 Å². The molecule has 4 nitrogen and oxygen atoms in total. The van der Waals surface area contributed by atoms with Crippen molar-refractivity contribution in [2.45, 2.75) is 20.3 Å². The molecule has 1 aromatic carbocycles. The molecule has 0 aliphatic carbocycles. The highest BCUT2D eigenvalue weighted by molar-refractivity contribution is 5.65. The fraction of sp³-hybridized carbons (Fsp3) is 0.600. The molecule has 0 radical (unpaired) electrons. The Morgan fingerprint density at radius 2 is 1.95 bits per heavy atom. The molecule has 0 aliphatic rings. The van der Waals surface area contributed by atoms with Gasteiger partial charge in [0.2, 0.25) is 0 Å². The Morgan fingerprint density at radius 3 is 2.42 bits per heavy atom. The summed E-state index contributed by atoms with van der Waals surface area (Å²) in [5.41, 5.74) is 7.88. The summed E-state index contributed by atoms with van der Waals surface area (Å²) in [7, 11) is 5.44. The summed E-state index contributed by atoms with van der Waals surface area (Å²) >= 11 is 0. The molecule has 4 heteroatoms. The number of nitrogens with zero attached hydrogens (tertiary/aromatic N) is 1. The fourth-order valence-corrected chi connectivity index (χ4v) is 2.29. The van der Waals surface area contributed by atoms with E-state index >= 15 is 0 Å². The van der Waals surface area contributed by atoms with E-state index in [9.17, 15) is 0 Å². The summed E-state index contributed by atoms with van der Waals surface area (Å²) in [6, 6.07) is 4.01. The smallest absolute Gasteiger partial charge is 0.148 e. The van der Waals surface area contributed by atoms with E-state index in [2.05, 4.69) is 18.9 Å². The van der Waals surface area contributed by atoms with Gasteiger partial charge in [-0.1, -0.05) is 13.3 Å². The lowest BCUT2D eigenvalue weighted by Gasteiger charge is -2.27. The lowest BCUT2D eigenvalue weighted by molar-refractivity contribution is 0.388. The summed E-state index contributed by atoms with van der Waals surface area (Å²) in [4.78, 5) is 2.20. The van der Waals surface area contributed by atoms with Crippen LogP contribution < -0.4 is 20.1 Å². The number of anilines is 1. The van der Waals surface area contributed by atoms with Crippen LogP contribution in [0.3, 0.4) is 0 Å². The largest absolute Gasteiger partial charge is 0.496 e. The van der Waals surface area contributed by atoms with E-state index < -0.39 is 0 Å². The number of hydrogen-bond donors (Lipinski definition) is 1. The van der Waals surface area contributed by atoms with Crippen molar-refractivity contribution in [1.82, 2.24) is 0 Å². The first kappa shape index (κ1) is 15.6. The molecule has 1 rings (SSSR count). The van der Waals surface area contributed by atoms with Crippen LogP contribution in [0.2, 0.25) is 0 Å². The Balaban J connectivity index is 3.02. The van der Waals surface area contributed by atoms with E-state index in [-0.39, 0.29) is 0 Å². The highest BCUT2D eigenvalue weighted by Crippen LogP contribution is 2.36. The van der Waals surface area contributed by atoms with Gasteiger partial charge in [0.25, 0.3) is 0 Å². The predicted octanol–water partition coefficient (Wildman–Crippen LogP) is 2.43. The topological polar surface area (TPSA) is 47.7 Å². The first-order valence-corrected chi connectivity index (χ1v) is 6.71. The van der Waals surface area contributed by atoms with E-state index in [1.165, 1.54) is 0 Å². The van der Waals surface area contributed by atoms with E-state index in [4.69, 9.17) is 15.2 Å². The molecule has 19 heavy (non-hydrogen) atoms. The minimum atomic E-state index is 0.497. The van der Waals surface area contributed by atoms with Crippen molar-refractivity contribution in [3.8, 4) is 11.5 Å². The first-order chi connectivity index (χ1) is 9.08. The molecular weight excluding hydrogens is 240 g/mol. The van der Waals surface area contributed by atoms with Crippen molar-refractivity contribution in [3.05, 3.63) is 17.7 Å². The highest BCUT2D eigenvalue weighted by atomic mass is 16.5. The van der Waals surface area contributed by atoms with Gasteiger partial charge in [-0.2, -0.15) is 0 Å². The molecule has 0 bridgehead atoms. The fourth-order valence-electron chi connectivity index (χ4n) is 2.29. The molecule has 1 unspecified atom stereocenters. The third-order valence-electron chi connectivity index (χ3n) is 3.61. The van der Waals surface area contributed by atoms with Gasteiger partial charge < -0.3 is 20.1 Å². The number of ether oxygens (including phenoxy) is 2. The van der Waals surface area contributed by atoms with Gasteiger partial charge in [-0.25, -0.2) is 0 Å². The van der Waals surface area contributed by atoms with Gasteiger partial charge in [0, 0.05) is 19.2 Å². The van der Waals surface area contributed by atoms with Crippen LogP contribution in [-0.4, -0.2) is 34.4 Å². The second-order valence-electron chi connectivity index (χ2n) is 4.84. The summed E-state index contributed by atoms with van der Waals surface area (Å²) < 4.78 is 10.9. The van der Waals surface area contributed by atoms with Crippen LogP contribution in [0.5, 0.6) is 11.5 Å². The van der Waals surface area contributed by atoms with Gasteiger partial charge in [0.05, 0.1) is 19.9 Å². The van der Waals surface area contributed by atoms with Crippen LogP contribution in [0.15, 0.2) is 12.1 Å². The Morgan fingerprint density at radius 1 is 1.26 bits per heavy atom. The lowest BCUT2D eigenvalue weighted by Crippen LogP contribution is -2.30. The Labute approximate surface area is 116 Å². The SMILES string of the molecule is CCC(CN)CN(C)c1ccc(OC)c(C)c1OC. The summed E-state index contributed by atoms with van der Waals surface area (Å²) in [6.07, 6.45) is 1.08. The lowest BCUT2D eigenvalue weighted by atomic mass is 10.1. The molecule has 108 valence electrons. The van der Waals surface area contributed by atoms with Gasteiger partial charge in [-0.3, -0.25) is 0 Å². The average Bonchev–Trinajstić information content (AvgIpc) is 2.43. The standard InChI is InChI=1S/C15H26N2O2/c1-6-12(9-16)10-17(3)13-7-8-14(18-4)11(2)15(13)19-5/h7-8,12H,6,9-10,16H2,1-5H3. The molecule has 2 N–H and O–H groups in total. The Hall–Kier alpha value is -1.42. The molecule has 0 aromatic heterocycles. The second-order valence-corrected chi connectivity index (χ2v) is 4.84. The van der Waals surface area contributed by atoms with Crippen molar-refractivity contribution in [3.63, 3.8) is 0 Å². The van der Waals surface area contributed by atoms with Gasteiger partial charge in [0.15, 0.2) is 0 Å². The van der Waals surface area contributed by atoms with Crippen LogP contribution in [0.1, 0.15) is 18.9 Å². The van der Waals surface area contributed by atoms with Crippen molar-refractivity contribution in [2.75, 3.05) is 39.3 Å². The number of benzene rings is 1. The zero-order valence-electron chi connectivity index (χ0n) is 12.7. The number of methoxy groups -OCH3 is 2. The molecule has 1 atom stereocenters. The number of rotatable bonds is 7. The third-order valence-corrected chi connectivity index (χ3v) is 3.61. The zero-order chi connectivity index (χ0) is 14.4. The Bertz CT molecular complexity index is 403. The second kappa shape index (κ2) is 7.24. The molecule has 0 heterocycles. The maximum Gasteiger partial charge on any atom is 0.148 e. The molecule has 0 amide bonds. The van der Waals surface area contributed by atoms with Crippen LogP contribution in [0.25, 0.3) is 0 Å². The minimum absolute atomic E-state index is 0.497. The number of nitrogens with two attached hydrogens (primary N) is 1. The molecular formula is C15H26N2O2. The normalized spacial score (nSPS) is 12.1. The van der Waals surface area contributed by atoms with Gasteiger partial charge in [-0.05, 0) is 31.5 Å². The maximum absolute atomic E-state index is 5.78. The van der Waals surface area contributed by atoms with E-state index in [0.29, 0.717) is 12.5 Å².